The number of benzene rings is 3. The van der Waals surface area contributed by atoms with Crippen LogP contribution in [-0.2, 0) is 40.4 Å². The van der Waals surface area contributed by atoms with Gasteiger partial charge in [-0.25, -0.2) is 0 Å². The van der Waals surface area contributed by atoms with Crippen LogP contribution in [0.5, 0.6) is 5.75 Å². The summed E-state index contributed by atoms with van der Waals surface area (Å²) < 4.78 is 23.0. The van der Waals surface area contributed by atoms with Crippen LogP contribution in [0.1, 0.15) is 29.4 Å². The summed E-state index contributed by atoms with van der Waals surface area (Å²) in [4.78, 5) is 14.5. The number of furan rings is 1. The first-order valence-electron chi connectivity index (χ1n) is 12.7. The lowest BCUT2D eigenvalue weighted by molar-refractivity contribution is -0.149. The molecule has 0 aliphatic heterocycles. The molecule has 38 heavy (non-hydrogen) atoms. The third-order valence-corrected chi connectivity index (χ3v) is 6.11. The van der Waals surface area contributed by atoms with Crippen molar-refractivity contribution >= 4 is 16.9 Å². The highest BCUT2D eigenvalue weighted by Crippen LogP contribution is 2.34. The van der Waals surface area contributed by atoms with Gasteiger partial charge in [-0.2, -0.15) is 0 Å². The van der Waals surface area contributed by atoms with Crippen LogP contribution in [0.25, 0.3) is 22.1 Å². The lowest BCUT2D eigenvalue weighted by Crippen LogP contribution is -2.21. The molecule has 3 aromatic carbocycles. The fourth-order valence-electron chi connectivity index (χ4n) is 4.46. The monoisotopic (exact) mass is 516 g/mol. The lowest BCUT2D eigenvalue weighted by atomic mass is 9.99. The molecule has 0 saturated carbocycles. The molecular formula is C31H36N2O5. The Morgan fingerprint density at radius 2 is 1.84 bits per heavy atom. The molecule has 4 aromatic rings. The Morgan fingerprint density at radius 3 is 2.61 bits per heavy atom. The minimum Gasteiger partial charge on any atom is -0.489 e. The Kier molecular flexibility index (Phi) is 9.18. The largest absolute Gasteiger partial charge is 0.489 e. The van der Waals surface area contributed by atoms with E-state index in [0.29, 0.717) is 32.1 Å². The highest BCUT2D eigenvalue weighted by molar-refractivity contribution is 5.93. The average Bonchev–Trinajstić information content (AvgIpc) is 3.29. The second kappa shape index (κ2) is 12.7. The molecule has 0 spiro atoms. The van der Waals surface area contributed by atoms with Gasteiger partial charge < -0.3 is 29.3 Å². The summed E-state index contributed by atoms with van der Waals surface area (Å²) in [7, 11) is 5.62. The highest BCUT2D eigenvalue weighted by atomic mass is 16.6. The van der Waals surface area contributed by atoms with Gasteiger partial charge in [0, 0.05) is 30.2 Å². The SMILES string of the molecule is COCC(C)OC(=O)Cc1ccccc1OCc1cc(-c2cccc(CN)c2)c2oc(CN(C)C)cc2c1. The van der Waals surface area contributed by atoms with Gasteiger partial charge in [0.1, 0.15) is 29.8 Å². The maximum absolute atomic E-state index is 12.4. The van der Waals surface area contributed by atoms with Crippen LogP contribution >= 0.6 is 0 Å². The molecule has 200 valence electrons. The van der Waals surface area contributed by atoms with E-state index < -0.39 is 0 Å². The Labute approximate surface area is 224 Å². The van der Waals surface area contributed by atoms with Gasteiger partial charge in [-0.1, -0.05) is 36.4 Å². The zero-order valence-electron chi connectivity index (χ0n) is 22.5. The van der Waals surface area contributed by atoms with Crippen LogP contribution in [-0.4, -0.2) is 44.8 Å². The fourth-order valence-corrected chi connectivity index (χ4v) is 4.46. The van der Waals surface area contributed by atoms with Crippen LogP contribution < -0.4 is 10.5 Å². The van der Waals surface area contributed by atoms with E-state index in [2.05, 4.69) is 35.2 Å². The predicted molar refractivity (Wildman–Crippen MR) is 149 cm³/mol. The molecule has 0 amide bonds. The van der Waals surface area contributed by atoms with Crippen molar-refractivity contribution in [1.29, 1.82) is 0 Å². The van der Waals surface area contributed by atoms with E-state index in [4.69, 9.17) is 24.4 Å². The van der Waals surface area contributed by atoms with Crippen molar-refractivity contribution in [3.63, 3.8) is 0 Å². The van der Waals surface area contributed by atoms with Gasteiger partial charge in [-0.3, -0.25) is 4.79 Å². The number of nitrogens with zero attached hydrogens (tertiary/aromatic N) is 1. The van der Waals surface area contributed by atoms with Gasteiger partial charge in [0.25, 0.3) is 0 Å². The maximum Gasteiger partial charge on any atom is 0.310 e. The summed E-state index contributed by atoms with van der Waals surface area (Å²) in [5, 5.41) is 1.01. The zero-order chi connectivity index (χ0) is 27.1. The number of carbonyl (C=O) groups is 1. The van der Waals surface area contributed by atoms with Crippen molar-refractivity contribution in [2.75, 3.05) is 27.8 Å². The standard InChI is InChI=1S/C31H36N2O5/c1-21(19-35-4)37-30(34)16-25-9-5-6-11-29(25)36-20-23-13-26-15-27(18-33(2)3)38-31(26)28(14-23)24-10-7-8-22(12-24)17-32/h5-15,21H,16-20,32H2,1-4H3. The molecule has 0 aliphatic rings. The number of ether oxygens (including phenoxy) is 3. The van der Waals surface area contributed by atoms with Crippen LogP contribution in [0.4, 0.5) is 0 Å². The molecule has 0 bridgehead atoms. The Balaban J connectivity index is 1.61. The van der Waals surface area contributed by atoms with Crippen molar-refractivity contribution in [1.82, 2.24) is 4.90 Å². The van der Waals surface area contributed by atoms with Crippen molar-refractivity contribution in [2.45, 2.75) is 39.1 Å². The van der Waals surface area contributed by atoms with E-state index >= 15 is 0 Å². The van der Waals surface area contributed by atoms with Gasteiger partial charge in [0.15, 0.2) is 0 Å². The minimum absolute atomic E-state index is 0.121. The van der Waals surface area contributed by atoms with E-state index in [1.807, 2.05) is 50.5 Å². The second-order valence-electron chi connectivity index (χ2n) is 9.75. The minimum atomic E-state index is -0.319. The van der Waals surface area contributed by atoms with E-state index in [0.717, 1.165) is 44.5 Å². The number of fused-ring (bicyclic) bond motifs is 1. The van der Waals surface area contributed by atoms with Crippen molar-refractivity contribution in [3.05, 3.63) is 89.2 Å². The molecule has 1 atom stereocenters. The maximum atomic E-state index is 12.4. The summed E-state index contributed by atoms with van der Waals surface area (Å²) in [6.07, 6.45) is -0.188. The summed E-state index contributed by atoms with van der Waals surface area (Å²) in [6.45, 7) is 3.66. The lowest BCUT2D eigenvalue weighted by Gasteiger charge is -2.15. The first kappa shape index (κ1) is 27.4. The Hall–Kier alpha value is -3.65. The average molecular weight is 517 g/mol. The molecule has 7 nitrogen and oxygen atoms in total. The number of nitrogens with two attached hydrogens (primary N) is 1. The van der Waals surface area contributed by atoms with E-state index in [-0.39, 0.29) is 18.5 Å². The van der Waals surface area contributed by atoms with Crippen LogP contribution in [0.2, 0.25) is 0 Å². The third-order valence-electron chi connectivity index (χ3n) is 6.11. The summed E-state index contributed by atoms with van der Waals surface area (Å²) in [5.41, 5.74) is 11.6. The third kappa shape index (κ3) is 7.01. The van der Waals surface area contributed by atoms with Crippen LogP contribution in [0, 0.1) is 0 Å². The van der Waals surface area contributed by atoms with Gasteiger partial charge >= 0.3 is 5.97 Å². The first-order valence-corrected chi connectivity index (χ1v) is 12.7. The second-order valence-corrected chi connectivity index (χ2v) is 9.75. The van der Waals surface area contributed by atoms with Crippen molar-refractivity contribution < 1.29 is 23.4 Å². The number of carbonyl (C=O) groups excluding carboxylic acids is 1. The van der Waals surface area contributed by atoms with Crippen molar-refractivity contribution in [2.24, 2.45) is 5.73 Å². The molecule has 1 heterocycles. The number of methoxy groups -OCH3 is 1. The normalized spacial score (nSPS) is 12.2. The summed E-state index contributed by atoms with van der Waals surface area (Å²) in [6, 6.07) is 22.0. The molecule has 0 aliphatic carbocycles. The summed E-state index contributed by atoms with van der Waals surface area (Å²) in [5.74, 6) is 1.22. The molecule has 4 rings (SSSR count). The first-order chi connectivity index (χ1) is 18.4. The molecule has 0 saturated heterocycles. The number of hydrogen-bond donors (Lipinski definition) is 1. The van der Waals surface area contributed by atoms with E-state index in [9.17, 15) is 4.79 Å². The topological polar surface area (TPSA) is 87.2 Å². The number of hydrogen-bond acceptors (Lipinski definition) is 7. The van der Waals surface area contributed by atoms with E-state index in [1.165, 1.54) is 0 Å². The van der Waals surface area contributed by atoms with Gasteiger partial charge in [0.05, 0.1) is 19.6 Å². The molecule has 1 aromatic heterocycles. The Morgan fingerprint density at radius 1 is 1.03 bits per heavy atom. The predicted octanol–water partition coefficient (Wildman–Crippen LogP) is 5.32. The molecule has 0 fully saturated rings. The van der Waals surface area contributed by atoms with Gasteiger partial charge in [0.2, 0.25) is 0 Å². The molecule has 0 radical (unpaired) electrons. The summed E-state index contributed by atoms with van der Waals surface area (Å²) >= 11 is 0. The van der Waals surface area contributed by atoms with Crippen LogP contribution in [0.15, 0.2) is 71.1 Å². The number of esters is 1. The molecule has 1 unspecified atom stereocenters. The molecule has 7 heteroatoms. The highest BCUT2D eigenvalue weighted by Gasteiger charge is 2.16. The van der Waals surface area contributed by atoms with Crippen molar-refractivity contribution in [3.8, 4) is 16.9 Å². The van der Waals surface area contributed by atoms with Crippen LogP contribution in [0.3, 0.4) is 0 Å². The number of rotatable bonds is 12. The quantitative estimate of drug-likeness (QED) is 0.255. The van der Waals surface area contributed by atoms with Gasteiger partial charge in [-0.15, -0.1) is 0 Å². The molecule has 2 N–H and O–H groups in total. The van der Waals surface area contributed by atoms with E-state index in [1.54, 1.807) is 14.0 Å². The zero-order valence-corrected chi connectivity index (χ0v) is 22.5. The smallest absolute Gasteiger partial charge is 0.310 e. The van der Waals surface area contributed by atoms with Gasteiger partial charge in [-0.05, 0) is 68.0 Å². The number of para-hydroxylation sites is 1. The Bertz CT molecular complexity index is 1380. The fraction of sp³-hybridized carbons (Fsp3) is 0.323. The molecular weight excluding hydrogens is 480 g/mol.